The van der Waals surface area contributed by atoms with Gasteiger partial charge in [0, 0.05) is 17.6 Å². The summed E-state index contributed by atoms with van der Waals surface area (Å²) in [6.45, 7) is 1.81. The zero-order valence-electron chi connectivity index (χ0n) is 11.5. The van der Waals surface area contributed by atoms with Crippen molar-refractivity contribution in [2.75, 3.05) is 5.75 Å². The number of hydrogen-bond donors (Lipinski definition) is 0. The summed E-state index contributed by atoms with van der Waals surface area (Å²) >= 11 is 0. The van der Waals surface area contributed by atoms with E-state index in [2.05, 4.69) is 15.1 Å². The first-order valence-corrected chi connectivity index (χ1v) is 8.26. The van der Waals surface area contributed by atoms with Crippen molar-refractivity contribution in [1.29, 1.82) is 0 Å². The summed E-state index contributed by atoms with van der Waals surface area (Å²) in [4.78, 5) is 8.04. The van der Waals surface area contributed by atoms with Crippen LogP contribution in [-0.4, -0.2) is 33.9 Å². The van der Waals surface area contributed by atoms with Gasteiger partial charge in [0.25, 0.3) is 0 Å². The molecule has 1 aromatic carbocycles. The van der Waals surface area contributed by atoms with Crippen LogP contribution in [0.2, 0.25) is 0 Å². The van der Waals surface area contributed by atoms with Crippen LogP contribution < -0.4 is 0 Å². The maximum Gasteiger partial charge on any atom is 0.249 e. The lowest BCUT2D eigenvalue weighted by atomic mass is 10.2. The molecular weight excluding hydrogens is 288 g/mol. The summed E-state index contributed by atoms with van der Waals surface area (Å²) in [6.07, 6.45) is 3.69. The predicted octanol–water partition coefficient (Wildman–Crippen LogP) is 2.00. The Balaban J connectivity index is 2.12. The number of aromatic nitrogens is 4. The molecule has 6 nitrogen and oxygen atoms in total. The van der Waals surface area contributed by atoms with E-state index in [1.807, 2.05) is 31.2 Å². The third kappa shape index (κ3) is 2.52. The fourth-order valence-corrected chi connectivity index (χ4v) is 3.29. The Hall–Kier alpha value is -2.28. The van der Waals surface area contributed by atoms with Gasteiger partial charge in [-0.25, -0.2) is 18.1 Å². The Kier molecular flexibility index (Phi) is 3.42. The summed E-state index contributed by atoms with van der Waals surface area (Å²) in [5.74, 6) is 0.483. The van der Waals surface area contributed by atoms with Crippen molar-refractivity contribution in [1.82, 2.24) is 19.7 Å². The van der Waals surface area contributed by atoms with Gasteiger partial charge in [0.1, 0.15) is 0 Å². The first kappa shape index (κ1) is 13.7. The van der Waals surface area contributed by atoms with Gasteiger partial charge < -0.3 is 0 Å². The summed E-state index contributed by atoms with van der Waals surface area (Å²) in [5.41, 5.74) is 0.870. The second-order valence-corrected chi connectivity index (χ2v) is 6.63. The number of nitrogens with zero attached hydrogens (tertiary/aromatic N) is 4. The van der Waals surface area contributed by atoms with E-state index in [9.17, 15) is 8.42 Å². The van der Waals surface area contributed by atoms with Gasteiger partial charge in [-0.3, -0.25) is 0 Å². The molecule has 0 radical (unpaired) electrons. The largest absolute Gasteiger partial charge is 0.249 e. The molecule has 7 heteroatoms. The van der Waals surface area contributed by atoms with E-state index in [1.165, 1.54) is 6.20 Å². The monoisotopic (exact) mass is 302 g/mol. The molecule has 0 aliphatic carbocycles. The highest BCUT2D eigenvalue weighted by atomic mass is 32.2. The van der Waals surface area contributed by atoms with Gasteiger partial charge in [0.2, 0.25) is 15.0 Å². The van der Waals surface area contributed by atoms with E-state index in [1.54, 1.807) is 16.9 Å². The van der Waals surface area contributed by atoms with Crippen LogP contribution in [0.25, 0.3) is 16.7 Å². The zero-order valence-corrected chi connectivity index (χ0v) is 12.3. The van der Waals surface area contributed by atoms with E-state index in [0.29, 0.717) is 12.2 Å². The summed E-state index contributed by atoms with van der Waals surface area (Å²) in [7, 11) is -3.44. The standard InChI is InChI=1S/C14H14N4O2S/c1-2-9-21(19,20)14-15-8-7-13(17-14)18-12-6-4-3-5-11(12)10-16-18/h3-8,10H,2,9H2,1H3. The number of fused-ring (bicyclic) bond motifs is 1. The lowest BCUT2D eigenvalue weighted by Crippen LogP contribution is -2.12. The quantitative estimate of drug-likeness (QED) is 0.689. The van der Waals surface area contributed by atoms with Crippen molar-refractivity contribution >= 4 is 20.7 Å². The molecule has 21 heavy (non-hydrogen) atoms. The minimum Gasteiger partial charge on any atom is -0.227 e. The molecule has 0 spiro atoms. The van der Waals surface area contributed by atoms with Crippen molar-refractivity contribution < 1.29 is 8.42 Å². The summed E-state index contributed by atoms with van der Waals surface area (Å²) in [6, 6.07) is 9.31. The highest BCUT2D eigenvalue weighted by Gasteiger charge is 2.18. The van der Waals surface area contributed by atoms with Crippen LogP contribution in [0.1, 0.15) is 13.3 Å². The average molecular weight is 302 g/mol. The Bertz CT molecular complexity index is 887. The summed E-state index contributed by atoms with van der Waals surface area (Å²) < 4.78 is 25.7. The molecule has 0 saturated carbocycles. The average Bonchev–Trinajstić information content (AvgIpc) is 2.91. The molecule has 0 atom stereocenters. The molecule has 0 bridgehead atoms. The molecule has 3 rings (SSSR count). The van der Waals surface area contributed by atoms with E-state index >= 15 is 0 Å². The number of benzene rings is 1. The first-order valence-electron chi connectivity index (χ1n) is 6.61. The molecule has 3 aromatic rings. The van der Waals surface area contributed by atoms with E-state index in [0.717, 1.165) is 10.9 Å². The Morgan fingerprint density at radius 2 is 2.00 bits per heavy atom. The number of para-hydroxylation sites is 1. The molecule has 0 N–H and O–H groups in total. The van der Waals surface area contributed by atoms with E-state index in [4.69, 9.17) is 0 Å². The molecule has 0 amide bonds. The maximum atomic E-state index is 12.1. The van der Waals surface area contributed by atoms with Gasteiger partial charge in [0.15, 0.2) is 5.82 Å². The van der Waals surface area contributed by atoms with Crippen molar-refractivity contribution in [3.8, 4) is 5.82 Å². The van der Waals surface area contributed by atoms with Gasteiger partial charge in [-0.2, -0.15) is 10.1 Å². The third-order valence-corrected chi connectivity index (χ3v) is 4.76. The van der Waals surface area contributed by atoms with E-state index < -0.39 is 9.84 Å². The van der Waals surface area contributed by atoms with Gasteiger partial charge in [-0.1, -0.05) is 25.1 Å². The fraction of sp³-hybridized carbons (Fsp3) is 0.214. The molecule has 0 aliphatic rings. The highest BCUT2D eigenvalue weighted by molar-refractivity contribution is 7.91. The van der Waals surface area contributed by atoms with Crippen molar-refractivity contribution in [3.63, 3.8) is 0 Å². The van der Waals surface area contributed by atoms with Crippen LogP contribution in [0.4, 0.5) is 0 Å². The van der Waals surface area contributed by atoms with Crippen LogP contribution in [0.5, 0.6) is 0 Å². The number of sulfone groups is 1. The molecule has 0 unspecified atom stereocenters. The Morgan fingerprint density at radius 3 is 2.81 bits per heavy atom. The van der Waals surface area contributed by atoms with Gasteiger partial charge in [-0.15, -0.1) is 0 Å². The molecule has 0 fully saturated rings. The van der Waals surface area contributed by atoms with Crippen molar-refractivity contribution in [2.24, 2.45) is 0 Å². The van der Waals surface area contributed by atoms with Crippen molar-refractivity contribution in [3.05, 3.63) is 42.7 Å². The summed E-state index contributed by atoms with van der Waals surface area (Å²) in [5, 5.41) is 5.08. The lowest BCUT2D eigenvalue weighted by molar-refractivity contribution is 0.584. The Labute approximate surface area is 122 Å². The first-order chi connectivity index (χ1) is 10.1. The van der Waals surface area contributed by atoms with Crippen LogP contribution in [-0.2, 0) is 9.84 Å². The van der Waals surface area contributed by atoms with Crippen LogP contribution in [0.15, 0.2) is 47.9 Å². The van der Waals surface area contributed by atoms with E-state index in [-0.39, 0.29) is 10.9 Å². The number of rotatable bonds is 4. The molecule has 2 aromatic heterocycles. The second-order valence-electron chi connectivity index (χ2n) is 4.63. The second kappa shape index (κ2) is 5.25. The maximum absolute atomic E-state index is 12.1. The predicted molar refractivity (Wildman–Crippen MR) is 79.0 cm³/mol. The normalized spacial score (nSPS) is 11.9. The molecular formula is C14H14N4O2S. The van der Waals surface area contributed by atoms with Gasteiger partial charge >= 0.3 is 0 Å². The minimum absolute atomic E-state index is 0.0380. The third-order valence-electron chi connectivity index (χ3n) is 3.06. The highest BCUT2D eigenvalue weighted by Crippen LogP contribution is 2.17. The van der Waals surface area contributed by atoms with Crippen LogP contribution >= 0.6 is 0 Å². The smallest absolute Gasteiger partial charge is 0.227 e. The fourth-order valence-electron chi connectivity index (χ4n) is 2.11. The molecule has 0 aliphatic heterocycles. The Morgan fingerprint density at radius 1 is 1.19 bits per heavy atom. The van der Waals surface area contributed by atoms with Gasteiger partial charge in [0.05, 0.1) is 17.5 Å². The van der Waals surface area contributed by atoms with Gasteiger partial charge in [-0.05, 0) is 12.5 Å². The molecule has 2 heterocycles. The number of hydrogen-bond acceptors (Lipinski definition) is 5. The van der Waals surface area contributed by atoms with Crippen molar-refractivity contribution in [2.45, 2.75) is 18.5 Å². The lowest BCUT2D eigenvalue weighted by Gasteiger charge is -2.05. The topological polar surface area (TPSA) is 77.7 Å². The van der Waals surface area contributed by atoms with Crippen LogP contribution in [0, 0.1) is 0 Å². The minimum atomic E-state index is -3.44. The molecule has 0 saturated heterocycles. The molecule has 108 valence electrons. The van der Waals surface area contributed by atoms with Crippen LogP contribution in [0.3, 0.4) is 0 Å². The zero-order chi connectivity index (χ0) is 14.9. The SMILES string of the molecule is CCCS(=O)(=O)c1nccc(-n2ncc3ccccc32)n1.